The van der Waals surface area contributed by atoms with Crippen LogP contribution < -0.4 is 5.73 Å². The van der Waals surface area contributed by atoms with Gasteiger partial charge in [-0.25, -0.2) is 0 Å². The predicted molar refractivity (Wildman–Crippen MR) is 74.1 cm³/mol. The minimum atomic E-state index is 0.797. The van der Waals surface area contributed by atoms with E-state index in [1.165, 1.54) is 64.3 Å². The van der Waals surface area contributed by atoms with E-state index >= 15 is 0 Å². The standard InChI is InChI=1S/C15H30N2/c1-2-13-7-3-4-9-15(13)17-12-6-5-8-14(17)10-11-16/h13-15H,2-12,16H2,1H3. The molecule has 0 aromatic heterocycles. The minimum absolute atomic E-state index is 0.797. The first-order valence-electron chi connectivity index (χ1n) is 7.82. The highest BCUT2D eigenvalue weighted by Gasteiger charge is 2.33. The number of nitrogens with zero attached hydrogens (tertiary/aromatic N) is 1. The van der Waals surface area contributed by atoms with Gasteiger partial charge in [-0.05, 0) is 51.1 Å². The Bertz CT molecular complexity index is 215. The molecule has 2 fully saturated rings. The lowest BCUT2D eigenvalue weighted by Crippen LogP contribution is -2.50. The fourth-order valence-electron chi connectivity index (χ4n) is 4.06. The maximum atomic E-state index is 5.79. The van der Waals surface area contributed by atoms with Crippen LogP contribution in [0.25, 0.3) is 0 Å². The highest BCUT2D eigenvalue weighted by Crippen LogP contribution is 2.34. The van der Waals surface area contributed by atoms with Gasteiger partial charge in [-0.2, -0.15) is 0 Å². The van der Waals surface area contributed by atoms with Crippen molar-refractivity contribution in [3.63, 3.8) is 0 Å². The van der Waals surface area contributed by atoms with Crippen molar-refractivity contribution in [1.82, 2.24) is 4.90 Å². The van der Waals surface area contributed by atoms with Crippen LogP contribution in [0.15, 0.2) is 0 Å². The Balaban J connectivity index is 2.00. The second-order valence-electron chi connectivity index (χ2n) is 5.98. The zero-order valence-corrected chi connectivity index (χ0v) is 11.5. The van der Waals surface area contributed by atoms with Gasteiger partial charge in [-0.3, -0.25) is 4.90 Å². The molecule has 0 spiro atoms. The average Bonchev–Trinajstić information content (AvgIpc) is 2.40. The van der Waals surface area contributed by atoms with Crippen LogP contribution in [0.3, 0.4) is 0 Å². The first-order valence-corrected chi connectivity index (χ1v) is 7.82. The molecule has 2 aliphatic rings. The van der Waals surface area contributed by atoms with Crippen molar-refractivity contribution in [3.05, 3.63) is 0 Å². The first kappa shape index (κ1) is 13.4. The minimum Gasteiger partial charge on any atom is -0.330 e. The number of hydrogen-bond donors (Lipinski definition) is 1. The van der Waals surface area contributed by atoms with E-state index in [9.17, 15) is 0 Å². The smallest absolute Gasteiger partial charge is 0.0126 e. The summed E-state index contributed by atoms with van der Waals surface area (Å²) in [5, 5.41) is 0. The Morgan fingerprint density at radius 3 is 2.59 bits per heavy atom. The second kappa shape index (κ2) is 6.75. The Morgan fingerprint density at radius 2 is 1.82 bits per heavy atom. The summed E-state index contributed by atoms with van der Waals surface area (Å²) < 4.78 is 0. The van der Waals surface area contributed by atoms with Gasteiger partial charge in [0.25, 0.3) is 0 Å². The van der Waals surface area contributed by atoms with Crippen molar-refractivity contribution in [3.8, 4) is 0 Å². The summed E-state index contributed by atoms with van der Waals surface area (Å²) in [6.45, 7) is 4.58. The van der Waals surface area contributed by atoms with E-state index in [0.717, 1.165) is 24.5 Å². The molecule has 1 saturated heterocycles. The van der Waals surface area contributed by atoms with E-state index < -0.39 is 0 Å². The van der Waals surface area contributed by atoms with Crippen LogP contribution in [-0.2, 0) is 0 Å². The van der Waals surface area contributed by atoms with Crippen LogP contribution in [0.5, 0.6) is 0 Å². The molecule has 100 valence electrons. The monoisotopic (exact) mass is 238 g/mol. The largest absolute Gasteiger partial charge is 0.330 e. The topological polar surface area (TPSA) is 29.3 Å². The molecule has 0 bridgehead atoms. The normalized spacial score (nSPS) is 36.0. The molecule has 2 N–H and O–H groups in total. The molecule has 1 aliphatic carbocycles. The molecular weight excluding hydrogens is 208 g/mol. The lowest BCUT2D eigenvalue weighted by molar-refractivity contribution is 0.0346. The third-order valence-corrected chi connectivity index (χ3v) is 4.99. The van der Waals surface area contributed by atoms with Gasteiger partial charge in [-0.1, -0.05) is 32.6 Å². The number of piperidine rings is 1. The second-order valence-corrected chi connectivity index (χ2v) is 5.98. The van der Waals surface area contributed by atoms with Crippen LogP contribution in [0.2, 0.25) is 0 Å². The van der Waals surface area contributed by atoms with E-state index in [1.807, 2.05) is 0 Å². The Kier molecular flexibility index (Phi) is 5.30. The quantitative estimate of drug-likeness (QED) is 0.815. The molecule has 1 heterocycles. The summed E-state index contributed by atoms with van der Waals surface area (Å²) >= 11 is 0. The van der Waals surface area contributed by atoms with Crippen LogP contribution in [0, 0.1) is 5.92 Å². The summed E-state index contributed by atoms with van der Waals surface area (Å²) in [5.74, 6) is 0.960. The van der Waals surface area contributed by atoms with Crippen molar-refractivity contribution in [2.45, 2.75) is 76.8 Å². The summed E-state index contributed by atoms with van der Waals surface area (Å²) in [5.41, 5.74) is 5.79. The summed E-state index contributed by atoms with van der Waals surface area (Å²) in [6, 6.07) is 1.68. The first-order chi connectivity index (χ1) is 8.36. The maximum Gasteiger partial charge on any atom is 0.0126 e. The average molecular weight is 238 g/mol. The van der Waals surface area contributed by atoms with Gasteiger partial charge < -0.3 is 5.73 Å². The molecule has 0 aromatic rings. The fourth-order valence-corrected chi connectivity index (χ4v) is 4.06. The molecule has 0 aromatic carbocycles. The van der Waals surface area contributed by atoms with Crippen LogP contribution in [0.4, 0.5) is 0 Å². The van der Waals surface area contributed by atoms with E-state index in [1.54, 1.807) is 0 Å². The maximum absolute atomic E-state index is 5.79. The van der Waals surface area contributed by atoms with Crippen molar-refractivity contribution < 1.29 is 0 Å². The van der Waals surface area contributed by atoms with Crippen molar-refractivity contribution in [2.75, 3.05) is 13.1 Å². The van der Waals surface area contributed by atoms with E-state index in [0.29, 0.717) is 0 Å². The van der Waals surface area contributed by atoms with Crippen molar-refractivity contribution in [1.29, 1.82) is 0 Å². The zero-order valence-electron chi connectivity index (χ0n) is 11.5. The molecule has 17 heavy (non-hydrogen) atoms. The van der Waals surface area contributed by atoms with Crippen molar-refractivity contribution >= 4 is 0 Å². The Labute approximate surface area is 107 Å². The molecule has 1 saturated carbocycles. The Morgan fingerprint density at radius 1 is 1.06 bits per heavy atom. The molecular formula is C15H30N2. The van der Waals surface area contributed by atoms with Gasteiger partial charge in [0, 0.05) is 12.1 Å². The molecule has 3 atom stereocenters. The number of likely N-dealkylation sites (tertiary alicyclic amines) is 1. The third-order valence-electron chi connectivity index (χ3n) is 4.99. The number of rotatable bonds is 4. The van der Waals surface area contributed by atoms with Gasteiger partial charge in [0.2, 0.25) is 0 Å². The van der Waals surface area contributed by atoms with Gasteiger partial charge >= 0.3 is 0 Å². The van der Waals surface area contributed by atoms with Gasteiger partial charge in [0.05, 0.1) is 0 Å². The van der Waals surface area contributed by atoms with E-state index in [-0.39, 0.29) is 0 Å². The van der Waals surface area contributed by atoms with Gasteiger partial charge in [0.15, 0.2) is 0 Å². The highest BCUT2D eigenvalue weighted by molar-refractivity contribution is 4.88. The van der Waals surface area contributed by atoms with Gasteiger partial charge in [-0.15, -0.1) is 0 Å². The molecule has 2 nitrogen and oxygen atoms in total. The van der Waals surface area contributed by atoms with Crippen LogP contribution in [-0.4, -0.2) is 30.1 Å². The predicted octanol–water partition coefficient (Wildman–Crippen LogP) is 3.16. The van der Waals surface area contributed by atoms with Gasteiger partial charge in [0.1, 0.15) is 0 Å². The van der Waals surface area contributed by atoms with Crippen molar-refractivity contribution in [2.24, 2.45) is 11.7 Å². The highest BCUT2D eigenvalue weighted by atomic mass is 15.2. The molecule has 2 rings (SSSR count). The van der Waals surface area contributed by atoms with Crippen LogP contribution in [0.1, 0.15) is 64.7 Å². The summed E-state index contributed by atoms with van der Waals surface area (Å²) in [7, 11) is 0. The molecule has 1 aliphatic heterocycles. The zero-order chi connectivity index (χ0) is 12.1. The number of hydrogen-bond acceptors (Lipinski definition) is 2. The SMILES string of the molecule is CCC1CCCCC1N1CCCCC1CCN. The number of nitrogens with two attached hydrogens (primary N) is 1. The summed E-state index contributed by atoms with van der Waals surface area (Å²) in [4.78, 5) is 2.85. The lowest BCUT2D eigenvalue weighted by atomic mass is 9.80. The third kappa shape index (κ3) is 3.23. The molecule has 0 amide bonds. The molecule has 0 radical (unpaired) electrons. The van der Waals surface area contributed by atoms with E-state index in [2.05, 4.69) is 11.8 Å². The molecule has 2 heteroatoms. The van der Waals surface area contributed by atoms with E-state index in [4.69, 9.17) is 5.73 Å². The lowest BCUT2D eigenvalue weighted by Gasteiger charge is -2.46. The van der Waals surface area contributed by atoms with Crippen LogP contribution >= 0.6 is 0 Å². The molecule has 3 unspecified atom stereocenters. The Hall–Kier alpha value is -0.0800. The summed E-state index contributed by atoms with van der Waals surface area (Å²) in [6.07, 6.45) is 12.6. The fraction of sp³-hybridized carbons (Fsp3) is 1.00.